The van der Waals surface area contributed by atoms with Crippen molar-refractivity contribution in [2.24, 2.45) is 5.92 Å². The molecule has 0 aromatic heterocycles. The summed E-state index contributed by atoms with van der Waals surface area (Å²) in [7, 11) is 0. The third kappa shape index (κ3) is 12.5. The van der Waals surface area contributed by atoms with Crippen LogP contribution in [0.25, 0.3) is 0 Å². The molecule has 0 N–H and O–H groups in total. The van der Waals surface area contributed by atoms with E-state index >= 15 is 0 Å². The highest BCUT2D eigenvalue weighted by Crippen LogP contribution is 2.28. The van der Waals surface area contributed by atoms with Crippen molar-refractivity contribution in [2.75, 3.05) is 0 Å². The first-order chi connectivity index (χ1) is 3.42. The van der Waals surface area contributed by atoms with E-state index in [1.165, 1.54) is 0 Å². The molecule has 9 heavy (non-hydrogen) atoms. The second kappa shape index (κ2) is 5.02. The molecule has 0 radical (unpaired) electrons. The summed E-state index contributed by atoms with van der Waals surface area (Å²) in [5, 5.41) is 0. The Balaban J connectivity index is 0. The van der Waals surface area contributed by atoms with Gasteiger partial charge in [0.25, 0.3) is 0 Å². The zero-order chi connectivity index (χ0) is 6.78. The lowest BCUT2D eigenvalue weighted by Crippen LogP contribution is -2.11. The van der Waals surface area contributed by atoms with E-state index in [9.17, 15) is 0 Å². The summed E-state index contributed by atoms with van der Waals surface area (Å²) in [6.45, 7) is 4.10. The van der Waals surface area contributed by atoms with Crippen LogP contribution in [-0.4, -0.2) is 17.0 Å². The Hall–Kier alpha value is 1.30. The highest BCUT2D eigenvalue weighted by Gasteiger charge is 2.25. The summed E-state index contributed by atoms with van der Waals surface area (Å²) < 4.78 is 0. The van der Waals surface area contributed by atoms with E-state index in [0.717, 1.165) is 6.04 Å². The van der Waals surface area contributed by atoms with Gasteiger partial charge in [0.2, 0.25) is 0 Å². The van der Waals surface area contributed by atoms with E-state index in [0.29, 0.717) is 5.92 Å². The first kappa shape index (κ1) is 12.9. The lowest BCUT2D eigenvalue weighted by molar-refractivity contribution is 0.731. The lowest BCUT2D eigenvalue weighted by atomic mass is 10.3. The maximum absolute atomic E-state index is 5.60. The topological polar surface area (TPSA) is 0 Å². The molecule has 0 spiro atoms. The van der Waals surface area contributed by atoms with Crippen molar-refractivity contribution in [1.29, 1.82) is 0 Å². The molecule has 0 aromatic rings. The van der Waals surface area contributed by atoms with E-state index in [2.05, 4.69) is 13.8 Å². The minimum Gasteiger partial charge on any atom is -0.126 e. The Morgan fingerprint density at radius 1 is 1.22 bits per heavy atom. The Morgan fingerprint density at radius 2 is 1.56 bits per heavy atom. The van der Waals surface area contributed by atoms with Crippen LogP contribution in [-0.2, 0) is 0 Å². The van der Waals surface area contributed by atoms with Crippen molar-refractivity contribution in [3.05, 3.63) is 0 Å². The Bertz CT molecular complexity index is 68.7. The standard InChI is InChI=1S/C4H9Cl3Si.H4Si/c1-4(2)3-8(5,6)7;/h4H,3H2,1-2H3;1H4. The first-order valence-corrected chi connectivity index (χ1v) is 7.73. The van der Waals surface area contributed by atoms with Crippen LogP contribution in [0.5, 0.6) is 0 Å². The van der Waals surface area contributed by atoms with E-state index in [1.54, 1.807) is 0 Å². The molecule has 0 aliphatic carbocycles. The predicted octanol–water partition coefficient (Wildman–Crippen LogP) is 1.85. The summed E-state index contributed by atoms with van der Waals surface area (Å²) >= 11 is 16.8. The molecule has 5 heteroatoms. The smallest absolute Gasteiger partial charge is 0.126 e. The van der Waals surface area contributed by atoms with Gasteiger partial charge in [-0.1, -0.05) is 13.8 Å². The molecule has 0 amide bonds. The molecular weight excluding hydrogens is 211 g/mol. The van der Waals surface area contributed by atoms with Crippen LogP contribution < -0.4 is 0 Å². The van der Waals surface area contributed by atoms with Gasteiger partial charge in [-0.15, -0.1) is 33.2 Å². The number of hydrogen-bond donors (Lipinski definition) is 0. The lowest BCUT2D eigenvalue weighted by Gasteiger charge is -2.08. The zero-order valence-corrected chi connectivity index (χ0v) is 8.19. The second-order valence-corrected chi connectivity index (χ2v) is 11.4. The molecular formula is C4H13Cl3Si2. The first-order valence-electron chi connectivity index (χ1n) is 2.48. The summed E-state index contributed by atoms with van der Waals surface area (Å²) in [6, 6.07) is -1.54. The molecule has 0 fully saturated rings. The van der Waals surface area contributed by atoms with Gasteiger partial charge in [-0.3, -0.25) is 0 Å². The molecule has 0 nitrogen and oxygen atoms in total. The molecule has 58 valence electrons. The van der Waals surface area contributed by atoms with E-state index in [1.807, 2.05) is 0 Å². The normalized spacial score (nSPS) is 11.3. The van der Waals surface area contributed by atoms with Gasteiger partial charge < -0.3 is 0 Å². The third-order valence-corrected chi connectivity index (χ3v) is 3.31. The molecule has 0 aliphatic heterocycles. The number of hydrogen-bond acceptors (Lipinski definition) is 0. The summed E-state index contributed by atoms with van der Waals surface area (Å²) in [5.74, 6) is 0.508. The summed E-state index contributed by atoms with van der Waals surface area (Å²) in [5.41, 5.74) is 0. The van der Waals surface area contributed by atoms with Crippen LogP contribution in [0.2, 0.25) is 6.04 Å². The van der Waals surface area contributed by atoms with Crippen molar-refractivity contribution < 1.29 is 0 Å². The third-order valence-electron chi connectivity index (χ3n) is 0.640. The van der Waals surface area contributed by atoms with E-state index < -0.39 is 6.00 Å². The summed E-state index contributed by atoms with van der Waals surface area (Å²) in [6.07, 6.45) is 0. The van der Waals surface area contributed by atoms with Crippen LogP contribution in [0.3, 0.4) is 0 Å². The van der Waals surface area contributed by atoms with E-state index in [4.69, 9.17) is 33.2 Å². The Labute approximate surface area is 76.0 Å². The van der Waals surface area contributed by atoms with Gasteiger partial charge in [0.1, 0.15) is 0 Å². The van der Waals surface area contributed by atoms with Crippen LogP contribution in [0.4, 0.5) is 0 Å². The summed E-state index contributed by atoms with van der Waals surface area (Å²) in [4.78, 5) is 0. The zero-order valence-electron chi connectivity index (χ0n) is 4.92. The van der Waals surface area contributed by atoms with Gasteiger partial charge >= 0.3 is 6.00 Å². The van der Waals surface area contributed by atoms with Gasteiger partial charge in [-0.2, -0.15) is 0 Å². The highest BCUT2D eigenvalue weighted by molar-refractivity contribution is 7.64. The molecule has 0 atom stereocenters. The molecule has 0 saturated carbocycles. The second-order valence-electron chi connectivity index (χ2n) is 2.21. The van der Waals surface area contributed by atoms with Crippen molar-refractivity contribution >= 4 is 50.2 Å². The van der Waals surface area contributed by atoms with Gasteiger partial charge in [-0.05, 0) is 22.9 Å². The van der Waals surface area contributed by atoms with Crippen molar-refractivity contribution in [3.63, 3.8) is 0 Å². The van der Waals surface area contributed by atoms with Gasteiger partial charge in [-0.25, -0.2) is 0 Å². The van der Waals surface area contributed by atoms with Gasteiger partial charge in [0, 0.05) is 0 Å². The van der Waals surface area contributed by atoms with E-state index in [-0.39, 0.29) is 11.0 Å². The van der Waals surface area contributed by atoms with Gasteiger partial charge in [0.05, 0.1) is 0 Å². The van der Waals surface area contributed by atoms with Crippen LogP contribution in [0.1, 0.15) is 13.8 Å². The molecule has 0 aliphatic rings. The average Bonchev–Trinajstić information content (AvgIpc) is 1.21. The molecule has 0 unspecified atom stereocenters. The number of halogens is 3. The monoisotopic (exact) mass is 222 g/mol. The largest absolute Gasteiger partial charge is 0.341 e. The molecule has 0 heterocycles. The van der Waals surface area contributed by atoms with Crippen LogP contribution in [0.15, 0.2) is 0 Å². The Kier molecular flexibility index (Phi) is 7.22. The number of rotatable bonds is 2. The SMILES string of the molecule is CC(C)C[Si](Cl)(Cl)Cl.[SiH4]. The minimum absolute atomic E-state index is 0. The minimum atomic E-state index is -2.30. The van der Waals surface area contributed by atoms with Crippen molar-refractivity contribution in [2.45, 2.75) is 19.9 Å². The quantitative estimate of drug-likeness (QED) is 0.495. The molecule has 0 rings (SSSR count). The Morgan fingerprint density at radius 3 is 1.56 bits per heavy atom. The van der Waals surface area contributed by atoms with Crippen molar-refractivity contribution in [1.82, 2.24) is 0 Å². The van der Waals surface area contributed by atoms with Crippen LogP contribution >= 0.6 is 33.2 Å². The molecule has 0 saturated heterocycles. The molecule has 0 aromatic carbocycles. The van der Waals surface area contributed by atoms with Crippen LogP contribution in [0, 0.1) is 5.92 Å². The maximum atomic E-state index is 5.60. The van der Waals surface area contributed by atoms with Crippen molar-refractivity contribution in [3.8, 4) is 0 Å². The average molecular weight is 224 g/mol. The predicted molar refractivity (Wildman–Crippen MR) is 54.3 cm³/mol. The molecule has 0 bridgehead atoms. The maximum Gasteiger partial charge on any atom is 0.341 e. The van der Waals surface area contributed by atoms with Gasteiger partial charge in [0.15, 0.2) is 0 Å². The fourth-order valence-corrected chi connectivity index (χ4v) is 4.17. The fourth-order valence-electron chi connectivity index (χ4n) is 0.463. The highest BCUT2D eigenvalue weighted by atomic mass is 35.8. The fraction of sp³-hybridized carbons (Fsp3) is 1.00.